The molecule has 0 saturated heterocycles. The van der Waals surface area contributed by atoms with Crippen LogP contribution in [0.4, 0.5) is 0 Å². The Morgan fingerprint density at radius 3 is 2.74 bits per heavy atom. The maximum Gasteiger partial charge on any atom is 0.333 e. The van der Waals surface area contributed by atoms with Crippen LogP contribution in [0.15, 0.2) is 47.1 Å². The van der Waals surface area contributed by atoms with Crippen molar-refractivity contribution in [2.24, 2.45) is 0 Å². The van der Waals surface area contributed by atoms with Crippen LogP contribution < -0.4 is 0 Å². The molecule has 5 nitrogen and oxygen atoms in total. The minimum Gasteiger partial charge on any atom is -0.466 e. The highest BCUT2D eigenvalue weighted by atomic mass is 32.2. The third-order valence-electron chi connectivity index (χ3n) is 3.72. The lowest BCUT2D eigenvalue weighted by Crippen LogP contribution is -2.03. The highest BCUT2D eigenvalue weighted by Crippen LogP contribution is 2.41. The van der Waals surface area contributed by atoms with Crippen molar-refractivity contribution in [2.75, 3.05) is 12.9 Å². The van der Waals surface area contributed by atoms with E-state index < -0.39 is 0 Å². The Kier molecular flexibility index (Phi) is 4.81. The lowest BCUT2D eigenvalue weighted by Gasteiger charge is -2.09. The Bertz CT molecular complexity index is 721. The van der Waals surface area contributed by atoms with Crippen LogP contribution in [0.1, 0.15) is 31.5 Å². The van der Waals surface area contributed by atoms with E-state index in [9.17, 15) is 4.79 Å². The number of esters is 1. The van der Waals surface area contributed by atoms with E-state index in [2.05, 4.69) is 26.9 Å². The number of carbonyl (C=O) groups is 1. The standard InChI is InChI=1S/C17H19N3O2S/c1-12(16(21)22-2)10-11-23-17-19-18-15(13-8-9-13)20(17)14-6-4-3-5-7-14/h3-7,10,13H,8-9,11H2,1-2H3. The molecule has 0 unspecified atom stereocenters. The molecule has 0 amide bonds. The van der Waals surface area contributed by atoms with Crippen molar-refractivity contribution in [3.05, 3.63) is 47.8 Å². The average Bonchev–Trinajstić information content (AvgIpc) is 3.35. The van der Waals surface area contributed by atoms with E-state index in [1.807, 2.05) is 24.3 Å². The van der Waals surface area contributed by atoms with Gasteiger partial charge in [-0.1, -0.05) is 36.0 Å². The van der Waals surface area contributed by atoms with Crippen LogP contribution in [-0.2, 0) is 9.53 Å². The van der Waals surface area contributed by atoms with Gasteiger partial charge in [0, 0.05) is 22.9 Å². The lowest BCUT2D eigenvalue weighted by atomic mass is 10.3. The molecule has 0 atom stereocenters. The van der Waals surface area contributed by atoms with Crippen LogP contribution in [0.2, 0.25) is 0 Å². The van der Waals surface area contributed by atoms with E-state index in [1.165, 1.54) is 20.0 Å². The van der Waals surface area contributed by atoms with E-state index in [1.54, 1.807) is 18.7 Å². The molecule has 1 heterocycles. The molecule has 1 saturated carbocycles. The molecule has 120 valence electrons. The smallest absolute Gasteiger partial charge is 0.333 e. The largest absolute Gasteiger partial charge is 0.466 e. The van der Waals surface area contributed by atoms with Gasteiger partial charge in [-0.3, -0.25) is 4.57 Å². The number of ether oxygens (including phenoxy) is 1. The number of methoxy groups -OCH3 is 1. The fourth-order valence-corrected chi connectivity index (χ4v) is 3.19. The summed E-state index contributed by atoms with van der Waals surface area (Å²) in [6, 6.07) is 10.2. The van der Waals surface area contributed by atoms with E-state index in [0.29, 0.717) is 17.2 Å². The van der Waals surface area contributed by atoms with Gasteiger partial charge in [0.1, 0.15) is 5.82 Å². The van der Waals surface area contributed by atoms with E-state index in [4.69, 9.17) is 4.74 Å². The predicted octanol–water partition coefficient (Wildman–Crippen LogP) is 3.36. The third-order valence-corrected chi connectivity index (χ3v) is 4.58. The molecule has 1 aliphatic rings. The van der Waals surface area contributed by atoms with Gasteiger partial charge in [-0.15, -0.1) is 10.2 Å². The predicted molar refractivity (Wildman–Crippen MR) is 89.8 cm³/mol. The first-order valence-electron chi connectivity index (χ1n) is 7.59. The number of hydrogen-bond acceptors (Lipinski definition) is 5. The summed E-state index contributed by atoms with van der Waals surface area (Å²) in [5.41, 5.74) is 1.68. The zero-order chi connectivity index (χ0) is 16.2. The first kappa shape index (κ1) is 15.8. The zero-order valence-corrected chi connectivity index (χ0v) is 14.0. The molecule has 0 aliphatic heterocycles. The van der Waals surface area contributed by atoms with Gasteiger partial charge in [0.2, 0.25) is 0 Å². The third kappa shape index (κ3) is 3.64. The topological polar surface area (TPSA) is 57.0 Å². The summed E-state index contributed by atoms with van der Waals surface area (Å²) in [6.07, 6.45) is 4.21. The summed E-state index contributed by atoms with van der Waals surface area (Å²) < 4.78 is 6.83. The van der Waals surface area contributed by atoms with Crippen LogP contribution in [0.25, 0.3) is 5.69 Å². The molecular weight excluding hydrogens is 310 g/mol. The van der Waals surface area contributed by atoms with Gasteiger partial charge >= 0.3 is 5.97 Å². The van der Waals surface area contributed by atoms with Crippen LogP contribution in [0.3, 0.4) is 0 Å². The fourth-order valence-electron chi connectivity index (χ4n) is 2.29. The van der Waals surface area contributed by atoms with Gasteiger partial charge in [-0.25, -0.2) is 4.79 Å². The Morgan fingerprint density at radius 2 is 2.09 bits per heavy atom. The second-order valence-electron chi connectivity index (χ2n) is 5.48. The van der Waals surface area contributed by atoms with Gasteiger partial charge in [-0.05, 0) is 31.9 Å². The molecule has 1 aromatic heterocycles. The SMILES string of the molecule is COC(=O)C(C)=CCSc1nnc(C2CC2)n1-c1ccccc1. The quantitative estimate of drug-likeness (QED) is 0.462. The van der Waals surface area contributed by atoms with Crippen LogP contribution in [-0.4, -0.2) is 33.6 Å². The zero-order valence-electron chi connectivity index (χ0n) is 13.2. The number of benzene rings is 1. The summed E-state index contributed by atoms with van der Waals surface area (Å²) in [4.78, 5) is 11.4. The molecule has 1 fully saturated rings. The van der Waals surface area contributed by atoms with E-state index >= 15 is 0 Å². The molecule has 0 radical (unpaired) electrons. The molecular formula is C17H19N3O2S. The summed E-state index contributed by atoms with van der Waals surface area (Å²) in [5, 5.41) is 9.58. The Hall–Kier alpha value is -2.08. The van der Waals surface area contributed by atoms with Crippen molar-refractivity contribution in [3.8, 4) is 5.69 Å². The maximum atomic E-state index is 11.4. The van der Waals surface area contributed by atoms with Gasteiger partial charge in [0.15, 0.2) is 5.16 Å². The van der Waals surface area contributed by atoms with Crippen LogP contribution in [0, 0.1) is 0 Å². The second-order valence-corrected chi connectivity index (χ2v) is 6.46. The van der Waals surface area contributed by atoms with Gasteiger partial charge in [0.25, 0.3) is 0 Å². The maximum absolute atomic E-state index is 11.4. The van der Waals surface area contributed by atoms with Crippen molar-refractivity contribution in [1.29, 1.82) is 0 Å². The van der Waals surface area contributed by atoms with Crippen molar-refractivity contribution in [1.82, 2.24) is 14.8 Å². The molecule has 1 aliphatic carbocycles. The lowest BCUT2D eigenvalue weighted by molar-refractivity contribution is -0.136. The summed E-state index contributed by atoms with van der Waals surface area (Å²) in [5.74, 6) is 1.90. The number of para-hydroxylation sites is 1. The monoisotopic (exact) mass is 329 g/mol. The number of rotatable bonds is 6. The molecule has 0 bridgehead atoms. The van der Waals surface area contributed by atoms with Gasteiger partial charge in [-0.2, -0.15) is 0 Å². The van der Waals surface area contributed by atoms with E-state index in [0.717, 1.165) is 16.7 Å². The van der Waals surface area contributed by atoms with Crippen molar-refractivity contribution < 1.29 is 9.53 Å². The Labute approximate surface area is 139 Å². The number of thioether (sulfide) groups is 1. The highest BCUT2D eigenvalue weighted by molar-refractivity contribution is 7.99. The number of hydrogen-bond donors (Lipinski definition) is 0. The molecule has 3 rings (SSSR count). The number of aromatic nitrogens is 3. The highest BCUT2D eigenvalue weighted by Gasteiger charge is 2.30. The number of carbonyl (C=O) groups excluding carboxylic acids is 1. The molecule has 0 N–H and O–H groups in total. The first-order valence-corrected chi connectivity index (χ1v) is 8.58. The number of nitrogens with zero attached hydrogens (tertiary/aromatic N) is 3. The van der Waals surface area contributed by atoms with Gasteiger partial charge < -0.3 is 4.74 Å². The summed E-state index contributed by atoms with van der Waals surface area (Å²) in [6.45, 7) is 1.75. The molecule has 23 heavy (non-hydrogen) atoms. The minimum atomic E-state index is -0.297. The normalized spacial score (nSPS) is 14.8. The molecule has 2 aromatic rings. The van der Waals surface area contributed by atoms with Crippen molar-refractivity contribution in [3.63, 3.8) is 0 Å². The summed E-state index contributed by atoms with van der Waals surface area (Å²) >= 11 is 1.57. The molecule has 0 spiro atoms. The van der Waals surface area contributed by atoms with E-state index in [-0.39, 0.29) is 5.97 Å². The van der Waals surface area contributed by atoms with Crippen molar-refractivity contribution >= 4 is 17.7 Å². The van der Waals surface area contributed by atoms with Crippen molar-refractivity contribution in [2.45, 2.75) is 30.8 Å². The Balaban J connectivity index is 1.81. The fraction of sp³-hybridized carbons (Fsp3) is 0.353. The van der Waals surface area contributed by atoms with Gasteiger partial charge in [0.05, 0.1) is 7.11 Å². The second kappa shape index (κ2) is 7.00. The van der Waals surface area contributed by atoms with Crippen LogP contribution >= 0.6 is 11.8 Å². The molecule has 6 heteroatoms. The molecule has 1 aromatic carbocycles. The first-order chi connectivity index (χ1) is 11.2. The van der Waals surface area contributed by atoms with Crippen LogP contribution in [0.5, 0.6) is 0 Å². The minimum absolute atomic E-state index is 0.297. The Morgan fingerprint density at radius 1 is 1.35 bits per heavy atom. The average molecular weight is 329 g/mol. The summed E-state index contributed by atoms with van der Waals surface area (Å²) in [7, 11) is 1.39.